The van der Waals surface area contributed by atoms with Crippen LogP contribution in [-0.4, -0.2) is 51.5 Å². The molecule has 1 saturated heterocycles. The SMILES string of the molecule is CCNC(=NCCCOCC1CCCO1)NCCc1c(F)cccc1Cl.I. The summed E-state index contributed by atoms with van der Waals surface area (Å²) in [6.07, 6.45) is 3.85. The van der Waals surface area contributed by atoms with Crippen LogP contribution in [0.5, 0.6) is 0 Å². The number of nitrogens with one attached hydrogen (secondary N) is 2. The molecule has 1 aromatic carbocycles. The van der Waals surface area contributed by atoms with Crippen molar-refractivity contribution in [3.8, 4) is 0 Å². The normalized spacial score (nSPS) is 16.9. The van der Waals surface area contributed by atoms with Gasteiger partial charge >= 0.3 is 0 Å². The first-order valence-electron chi connectivity index (χ1n) is 9.35. The second kappa shape index (κ2) is 14.4. The fourth-order valence-electron chi connectivity index (χ4n) is 2.77. The van der Waals surface area contributed by atoms with Gasteiger partial charge in [-0.1, -0.05) is 17.7 Å². The highest BCUT2D eigenvalue weighted by Crippen LogP contribution is 2.18. The van der Waals surface area contributed by atoms with E-state index in [0.717, 1.165) is 38.4 Å². The molecule has 2 N–H and O–H groups in total. The standard InChI is InChI=1S/C19H29ClFN3O2.HI/c1-2-22-19(23-10-5-12-25-14-15-6-4-13-26-15)24-11-9-16-17(20)7-3-8-18(16)21;/h3,7-8,15H,2,4-6,9-14H2,1H3,(H2,22,23,24);1H. The molecule has 1 fully saturated rings. The van der Waals surface area contributed by atoms with Crippen molar-refractivity contribution >= 4 is 41.5 Å². The van der Waals surface area contributed by atoms with Crippen LogP contribution in [0.15, 0.2) is 23.2 Å². The van der Waals surface area contributed by atoms with Crippen molar-refractivity contribution in [2.75, 3.05) is 39.5 Å². The Hall–Kier alpha value is -0.640. The van der Waals surface area contributed by atoms with Crippen LogP contribution >= 0.6 is 35.6 Å². The topological polar surface area (TPSA) is 54.9 Å². The fourth-order valence-corrected chi connectivity index (χ4v) is 3.02. The van der Waals surface area contributed by atoms with Gasteiger partial charge in [-0.15, -0.1) is 24.0 Å². The molecule has 0 spiro atoms. The third kappa shape index (κ3) is 9.40. The molecule has 1 aromatic rings. The summed E-state index contributed by atoms with van der Waals surface area (Å²) in [5.41, 5.74) is 0.528. The Labute approximate surface area is 183 Å². The summed E-state index contributed by atoms with van der Waals surface area (Å²) < 4.78 is 24.9. The van der Waals surface area contributed by atoms with Gasteiger partial charge in [-0.2, -0.15) is 0 Å². The van der Waals surface area contributed by atoms with Crippen molar-refractivity contribution in [3.63, 3.8) is 0 Å². The van der Waals surface area contributed by atoms with Crippen LogP contribution in [0.25, 0.3) is 0 Å². The van der Waals surface area contributed by atoms with Gasteiger partial charge in [0.25, 0.3) is 0 Å². The van der Waals surface area contributed by atoms with E-state index in [2.05, 4.69) is 15.6 Å². The van der Waals surface area contributed by atoms with Crippen molar-refractivity contribution in [3.05, 3.63) is 34.6 Å². The van der Waals surface area contributed by atoms with Gasteiger partial charge in [-0.25, -0.2) is 4.39 Å². The summed E-state index contributed by atoms with van der Waals surface area (Å²) in [6, 6.07) is 4.74. The second-order valence-corrected chi connectivity index (χ2v) is 6.61. The van der Waals surface area contributed by atoms with Crippen molar-refractivity contribution < 1.29 is 13.9 Å². The van der Waals surface area contributed by atoms with Gasteiger partial charge in [0.2, 0.25) is 0 Å². The van der Waals surface area contributed by atoms with Crippen LogP contribution < -0.4 is 10.6 Å². The minimum absolute atomic E-state index is 0. The van der Waals surface area contributed by atoms with Crippen LogP contribution in [0, 0.1) is 5.82 Å². The van der Waals surface area contributed by atoms with Crippen LogP contribution in [-0.2, 0) is 15.9 Å². The van der Waals surface area contributed by atoms with Gasteiger partial charge in [0.1, 0.15) is 5.82 Å². The lowest BCUT2D eigenvalue weighted by Crippen LogP contribution is -2.38. The lowest BCUT2D eigenvalue weighted by Gasteiger charge is -2.12. The molecule has 1 atom stereocenters. The molecule has 154 valence electrons. The van der Waals surface area contributed by atoms with E-state index in [4.69, 9.17) is 21.1 Å². The van der Waals surface area contributed by atoms with Crippen LogP contribution in [0.1, 0.15) is 31.7 Å². The molecule has 1 aliphatic rings. The van der Waals surface area contributed by atoms with Crippen LogP contribution in [0.3, 0.4) is 0 Å². The lowest BCUT2D eigenvalue weighted by molar-refractivity contribution is 0.0171. The third-order valence-corrected chi connectivity index (χ3v) is 4.47. The Morgan fingerprint density at radius 1 is 1.41 bits per heavy atom. The monoisotopic (exact) mass is 513 g/mol. The number of nitrogens with zero attached hydrogens (tertiary/aromatic N) is 1. The summed E-state index contributed by atoms with van der Waals surface area (Å²) in [6.45, 7) is 6.20. The average Bonchev–Trinajstić information content (AvgIpc) is 3.13. The van der Waals surface area contributed by atoms with Gasteiger partial charge in [0.05, 0.1) is 12.7 Å². The highest BCUT2D eigenvalue weighted by Gasteiger charge is 2.14. The van der Waals surface area contributed by atoms with Gasteiger partial charge in [0.15, 0.2) is 5.96 Å². The molecule has 2 rings (SSSR count). The smallest absolute Gasteiger partial charge is 0.191 e. The molecule has 0 amide bonds. The Kier molecular flexibility index (Phi) is 13.0. The number of benzene rings is 1. The summed E-state index contributed by atoms with van der Waals surface area (Å²) in [4.78, 5) is 4.52. The molecular weight excluding hydrogens is 484 g/mol. The predicted octanol–water partition coefficient (Wildman–Crippen LogP) is 3.78. The predicted molar refractivity (Wildman–Crippen MR) is 119 cm³/mol. The van der Waals surface area contributed by atoms with Crippen LogP contribution in [0.2, 0.25) is 5.02 Å². The van der Waals surface area contributed by atoms with Gasteiger partial charge < -0.3 is 20.1 Å². The molecule has 0 aliphatic carbocycles. The Bertz CT molecular complexity index is 552. The van der Waals surface area contributed by atoms with Crippen LogP contribution in [0.4, 0.5) is 4.39 Å². The lowest BCUT2D eigenvalue weighted by atomic mass is 10.1. The molecule has 1 unspecified atom stereocenters. The molecule has 5 nitrogen and oxygen atoms in total. The number of ether oxygens (including phenoxy) is 2. The average molecular weight is 514 g/mol. The van der Waals surface area contributed by atoms with Gasteiger partial charge in [0, 0.05) is 43.4 Å². The number of guanidine groups is 1. The van der Waals surface area contributed by atoms with E-state index in [0.29, 0.717) is 43.3 Å². The number of hydrogen-bond acceptors (Lipinski definition) is 3. The molecule has 8 heteroatoms. The summed E-state index contributed by atoms with van der Waals surface area (Å²) in [5, 5.41) is 6.85. The van der Waals surface area contributed by atoms with E-state index in [9.17, 15) is 4.39 Å². The van der Waals surface area contributed by atoms with E-state index in [-0.39, 0.29) is 35.9 Å². The largest absolute Gasteiger partial charge is 0.379 e. The Morgan fingerprint density at radius 3 is 2.96 bits per heavy atom. The Balaban J connectivity index is 0.00000364. The first-order chi connectivity index (χ1) is 12.7. The minimum Gasteiger partial charge on any atom is -0.379 e. The van der Waals surface area contributed by atoms with Crippen molar-refractivity contribution in [1.82, 2.24) is 10.6 Å². The summed E-state index contributed by atoms with van der Waals surface area (Å²) in [5.74, 6) is 0.448. The number of aliphatic imine (C=N–C) groups is 1. The first kappa shape index (κ1) is 24.4. The Morgan fingerprint density at radius 2 is 2.26 bits per heavy atom. The molecule has 1 aliphatic heterocycles. The van der Waals surface area contributed by atoms with Crippen molar-refractivity contribution in [1.29, 1.82) is 0 Å². The molecule has 0 bridgehead atoms. The molecule has 1 heterocycles. The number of halogens is 3. The zero-order valence-electron chi connectivity index (χ0n) is 15.8. The maximum absolute atomic E-state index is 13.8. The quantitative estimate of drug-likeness (QED) is 0.216. The molecule has 27 heavy (non-hydrogen) atoms. The van der Waals surface area contributed by atoms with Gasteiger partial charge in [-0.05, 0) is 44.7 Å². The van der Waals surface area contributed by atoms with E-state index < -0.39 is 0 Å². The van der Waals surface area contributed by atoms with E-state index in [1.807, 2.05) is 6.92 Å². The van der Waals surface area contributed by atoms with E-state index in [1.54, 1.807) is 12.1 Å². The molecule has 0 saturated carbocycles. The van der Waals surface area contributed by atoms with E-state index >= 15 is 0 Å². The summed E-state index contributed by atoms with van der Waals surface area (Å²) >= 11 is 6.05. The zero-order chi connectivity index (χ0) is 18.6. The second-order valence-electron chi connectivity index (χ2n) is 6.20. The van der Waals surface area contributed by atoms with Crippen molar-refractivity contribution in [2.24, 2.45) is 4.99 Å². The summed E-state index contributed by atoms with van der Waals surface area (Å²) in [7, 11) is 0. The maximum Gasteiger partial charge on any atom is 0.191 e. The zero-order valence-corrected chi connectivity index (χ0v) is 18.9. The van der Waals surface area contributed by atoms with Gasteiger partial charge in [-0.3, -0.25) is 4.99 Å². The first-order valence-corrected chi connectivity index (χ1v) is 9.73. The number of hydrogen-bond donors (Lipinski definition) is 2. The molecular formula is C19H30ClFIN3O2. The van der Waals surface area contributed by atoms with E-state index in [1.165, 1.54) is 6.07 Å². The fraction of sp³-hybridized carbons (Fsp3) is 0.632. The highest BCUT2D eigenvalue weighted by molar-refractivity contribution is 14.0. The minimum atomic E-state index is -0.273. The molecule has 0 aromatic heterocycles. The number of rotatable bonds is 10. The highest BCUT2D eigenvalue weighted by atomic mass is 127. The van der Waals surface area contributed by atoms with Crippen molar-refractivity contribution in [2.45, 2.75) is 38.7 Å². The third-order valence-electron chi connectivity index (χ3n) is 4.12. The maximum atomic E-state index is 13.8. The molecule has 0 radical (unpaired) electrons.